The zero-order valence-electron chi connectivity index (χ0n) is 20.1. The van der Waals surface area contributed by atoms with Crippen molar-refractivity contribution in [3.63, 3.8) is 0 Å². The highest BCUT2D eigenvalue weighted by atomic mass is 16.6. The number of ether oxygens (including phenoxy) is 5. The first-order valence-electron chi connectivity index (χ1n) is 10.9. The van der Waals surface area contributed by atoms with Crippen LogP contribution in [0.3, 0.4) is 0 Å². The van der Waals surface area contributed by atoms with Gasteiger partial charge in [-0.3, -0.25) is 5.32 Å². The summed E-state index contributed by atoms with van der Waals surface area (Å²) >= 11 is 0. The maximum Gasteiger partial charge on any atom is 0.412 e. The van der Waals surface area contributed by atoms with E-state index in [1.165, 1.54) is 19.3 Å². The van der Waals surface area contributed by atoms with Gasteiger partial charge in [-0.25, -0.2) is 9.59 Å². The molecule has 9 heteroatoms. The standard InChI is InChI=1S/C26H31NO8/c1-5-15-34-23(29)17-18(2)24(32-4)25(19-6-10-22(11-7-19)33-16-14-28)35-26(30)27-20-8-12-21(31-3)13-9-20/h5-13,17,24-25,28H,1,14-16H2,2-4H3,(H,27,30)/b18-17+/t24-,25-/m0/s1. The molecule has 2 aromatic rings. The van der Waals surface area contributed by atoms with Gasteiger partial charge in [-0.1, -0.05) is 24.8 Å². The lowest BCUT2D eigenvalue weighted by molar-refractivity contribution is -0.136. The number of aliphatic hydroxyl groups is 1. The summed E-state index contributed by atoms with van der Waals surface area (Å²) in [7, 11) is 3.00. The summed E-state index contributed by atoms with van der Waals surface area (Å²) < 4.78 is 26.9. The highest BCUT2D eigenvalue weighted by Crippen LogP contribution is 2.30. The highest BCUT2D eigenvalue weighted by Gasteiger charge is 2.29. The van der Waals surface area contributed by atoms with Gasteiger partial charge in [0.2, 0.25) is 0 Å². The van der Waals surface area contributed by atoms with Crippen LogP contribution >= 0.6 is 0 Å². The fraction of sp³-hybridized carbons (Fsp3) is 0.308. The first kappa shape index (κ1) is 27.4. The molecule has 0 aliphatic heterocycles. The molecule has 0 fully saturated rings. The van der Waals surface area contributed by atoms with E-state index in [4.69, 9.17) is 28.8 Å². The van der Waals surface area contributed by atoms with E-state index in [2.05, 4.69) is 11.9 Å². The van der Waals surface area contributed by atoms with Crippen LogP contribution in [0.5, 0.6) is 11.5 Å². The van der Waals surface area contributed by atoms with Crippen LogP contribution in [-0.4, -0.2) is 57.3 Å². The second-order valence-electron chi connectivity index (χ2n) is 7.28. The summed E-state index contributed by atoms with van der Waals surface area (Å²) in [6, 6.07) is 13.6. The van der Waals surface area contributed by atoms with Crippen LogP contribution in [-0.2, 0) is 19.0 Å². The number of benzene rings is 2. The number of methoxy groups -OCH3 is 2. The number of amides is 1. The second-order valence-corrected chi connectivity index (χ2v) is 7.28. The van der Waals surface area contributed by atoms with Gasteiger partial charge in [0.05, 0.1) is 13.7 Å². The predicted molar refractivity (Wildman–Crippen MR) is 131 cm³/mol. The minimum Gasteiger partial charge on any atom is -0.497 e. The number of hydrogen-bond acceptors (Lipinski definition) is 8. The third-order valence-electron chi connectivity index (χ3n) is 4.81. The number of carbonyl (C=O) groups is 2. The van der Waals surface area contributed by atoms with E-state index >= 15 is 0 Å². The number of rotatable bonds is 13. The first-order valence-corrected chi connectivity index (χ1v) is 10.9. The third-order valence-corrected chi connectivity index (χ3v) is 4.81. The summed E-state index contributed by atoms with van der Waals surface area (Å²) in [5, 5.41) is 11.6. The van der Waals surface area contributed by atoms with E-state index in [0.717, 1.165) is 0 Å². The van der Waals surface area contributed by atoms with Gasteiger partial charge in [0.15, 0.2) is 6.10 Å². The second kappa shape index (κ2) is 14.4. The van der Waals surface area contributed by atoms with Gasteiger partial charge < -0.3 is 28.8 Å². The van der Waals surface area contributed by atoms with E-state index in [-0.39, 0.29) is 19.8 Å². The molecule has 0 saturated heterocycles. The van der Waals surface area contributed by atoms with E-state index in [1.807, 2.05) is 0 Å². The Kier molecular flexibility index (Phi) is 11.3. The number of hydrogen-bond donors (Lipinski definition) is 2. The lowest BCUT2D eigenvalue weighted by atomic mass is 9.98. The minimum absolute atomic E-state index is 0.0692. The Morgan fingerprint density at radius 2 is 1.71 bits per heavy atom. The zero-order valence-corrected chi connectivity index (χ0v) is 20.1. The summed E-state index contributed by atoms with van der Waals surface area (Å²) in [4.78, 5) is 24.9. The largest absolute Gasteiger partial charge is 0.497 e. The van der Waals surface area contributed by atoms with Crippen molar-refractivity contribution in [2.75, 3.05) is 39.4 Å². The van der Waals surface area contributed by atoms with Gasteiger partial charge in [-0.05, 0) is 54.5 Å². The van der Waals surface area contributed by atoms with Crippen LogP contribution in [0.15, 0.2) is 72.8 Å². The van der Waals surface area contributed by atoms with Gasteiger partial charge in [0.1, 0.15) is 30.8 Å². The van der Waals surface area contributed by atoms with Crippen LogP contribution in [0.2, 0.25) is 0 Å². The number of anilines is 1. The molecule has 2 atom stereocenters. The van der Waals surface area contributed by atoms with Gasteiger partial charge >= 0.3 is 12.1 Å². The normalized spacial score (nSPS) is 12.7. The third kappa shape index (κ3) is 8.80. The SMILES string of the molecule is C=CCOC(=O)/C=C(\C)[C@H](OC)[C@@H](OC(=O)Nc1ccc(OC)cc1)c1ccc(OCCO)cc1. The molecule has 35 heavy (non-hydrogen) atoms. The van der Waals surface area contributed by atoms with E-state index in [1.54, 1.807) is 62.6 Å². The van der Waals surface area contributed by atoms with Crippen molar-refractivity contribution in [2.24, 2.45) is 0 Å². The Bertz CT molecular complexity index is 985. The van der Waals surface area contributed by atoms with Crippen molar-refractivity contribution in [2.45, 2.75) is 19.1 Å². The van der Waals surface area contributed by atoms with Crippen molar-refractivity contribution < 1.29 is 38.4 Å². The van der Waals surface area contributed by atoms with Crippen molar-refractivity contribution in [1.29, 1.82) is 0 Å². The molecule has 0 unspecified atom stereocenters. The number of esters is 1. The van der Waals surface area contributed by atoms with Crippen LogP contribution in [0.25, 0.3) is 0 Å². The predicted octanol–water partition coefficient (Wildman–Crippen LogP) is 4.05. The molecule has 0 radical (unpaired) electrons. The smallest absolute Gasteiger partial charge is 0.412 e. The van der Waals surface area contributed by atoms with Crippen molar-refractivity contribution in [1.82, 2.24) is 0 Å². The van der Waals surface area contributed by atoms with E-state index in [0.29, 0.717) is 28.3 Å². The molecule has 0 heterocycles. The van der Waals surface area contributed by atoms with E-state index in [9.17, 15) is 9.59 Å². The average Bonchev–Trinajstić information content (AvgIpc) is 2.86. The number of nitrogens with one attached hydrogen (secondary N) is 1. The molecular weight excluding hydrogens is 454 g/mol. The van der Waals surface area contributed by atoms with Crippen LogP contribution in [0, 0.1) is 0 Å². The Morgan fingerprint density at radius 1 is 1.06 bits per heavy atom. The molecule has 2 N–H and O–H groups in total. The molecule has 0 aliphatic rings. The number of aliphatic hydroxyl groups excluding tert-OH is 1. The van der Waals surface area contributed by atoms with Gasteiger partial charge in [-0.15, -0.1) is 0 Å². The first-order chi connectivity index (χ1) is 16.9. The minimum atomic E-state index is -0.909. The van der Waals surface area contributed by atoms with Crippen molar-refractivity contribution >= 4 is 17.7 Å². The molecule has 9 nitrogen and oxygen atoms in total. The summed E-state index contributed by atoms with van der Waals surface area (Å²) in [5.74, 6) is 0.617. The summed E-state index contributed by atoms with van der Waals surface area (Å²) in [6.07, 6.45) is 0.328. The van der Waals surface area contributed by atoms with Crippen LogP contribution in [0.1, 0.15) is 18.6 Å². The highest BCUT2D eigenvalue weighted by molar-refractivity contribution is 5.85. The van der Waals surface area contributed by atoms with E-state index < -0.39 is 24.3 Å². The molecule has 2 rings (SSSR count). The molecule has 1 amide bonds. The fourth-order valence-electron chi connectivity index (χ4n) is 3.16. The van der Waals surface area contributed by atoms with Gasteiger partial charge in [0.25, 0.3) is 0 Å². The fourth-order valence-corrected chi connectivity index (χ4v) is 3.16. The molecule has 188 valence electrons. The molecule has 0 bridgehead atoms. The topological polar surface area (TPSA) is 113 Å². The molecule has 0 saturated carbocycles. The number of carbonyl (C=O) groups excluding carboxylic acids is 2. The molecule has 0 spiro atoms. The monoisotopic (exact) mass is 485 g/mol. The van der Waals surface area contributed by atoms with Gasteiger partial charge in [-0.2, -0.15) is 0 Å². The molecule has 0 aromatic heterocycles. The zero-order chi connectivity index (χ0) is 25.6. The lowest BCUT2D eigenvalue weighted by Crippen LogP contribution is -2.29. The average molecular weight is 486 g/mol. The Balaban J connectivity index is 2.29. The van der Waals surface area contributed by atoms with Crippen LogP contribution < -0.4 is 14.8 Å². The Labute approximate surface area is 204 Å². The molecule has 0 aliphatic carbocycles. The lowest BCUT2D eigenvalue weighted by Gasteiger charge is -2.27. The van der Waals surface area contributed by atoms with Crippen LogP contribution in [0.4, 0.5) is 10.5 Å². The Morgan fingerprint density at radius 3 is 2.29 bits per heavy atom. The molecule has 2 aromatic carbocycles. The maximum absolute atomic E-state index is 12.8. The van der Waals surface area contributed by atoms with Crippen molar-refractivity contribution in [3.8, 4) is 11.5 Å². The molecular formula is C26H31NO8. The maximum atomic E-state index is 12.8. The summed E-state index contributed by atoms with van der Waals surface area (Å²) in [6.45, 7) is 5.30. The summed E-state index contributed by atoms with van der Waals surface area (Å²) in [5.41, 5.74) is 1.60. The Hall–Kier alpha value is -3.82. The quantitative estimate of drug-likeness (QED) is 0.248. The van der Waals surface area contributed by atoms with Crippen molar-refractivity contribution in [3.05, 3.63) is 78.4 Å². The van der Waals surface area contributed by atoms with Gasteiger partial charge in [0, 0.05) is 18.9 Å².